The molecular formula is C18H13FN4O3S. The van der Waals surface area contributed by atoms with Gasteiger partial charge in [0.2, 0.25) is 9.84 Å². The number of hydrogen-bond donors (Lipinski definition) is 1. The molecule has 4 rings (SSSR count). The van der Waals surface area contributed by atoms with Gasteiger partial charge < -0.3 is 0 Å². The molecule has 9 heteroatoms. The van der Waals surface area contributed by atoms with Gasteiger partial charge in [-0.15, -0.1) is 0 Å². The summed E-state index contributed by atoms with van der Waals surface area (Å²) in [5.41, 5.74) is -0.322. The van der Waals surface area contributed by atoms with E-state index in [0.29, 0.717) is 5.39 Å². The van der Waals surface area contributed by atoms with Gasteiger partial charge in [0, 0.05) is 5.39 Å². The number of aromatic nitrogens is 4. The Morgan fingerprint density at radius 1 is 1.04 bits per heavy atom. The van der Waals surface area contributed by atoms with Crippen LogP contribution in [0.4, 0.5) is 4.39 Å². The Morgan fingerprint density at radius 3 is 2.52 bits per heavy atom. The van der Waals surface area contributed by atoms with Crippen molar-refractivity contribution in [1.82, 2.24) is 20.0 Å². The lowest BCUT2D eigenvalue weighted by molar-refractivity contribution is 0.570. The van der Waals surface area contributed by atoms with Gasteiger partial charge in [0.15, 0.2) is 5.82 Å². The van der Waals surface area contributed by atoms with E-state index in [4.69, 9.17) is 0 Å². The van der Waals surface area contributed by atoms with Crippen LogP contribution in [-0.4, -0.2) is 28.4 Å². The molecule has 0 saturated carbocycles. The fourth-order valence-corrected chi connectivity index (χ4v) is 4.06. The number of fused-ring (bicyclic) bond motifs is 1. The second-order valence-electron chi connectivity index (χ2n) is 5.87. The number of nitrogens with one attached hydrogen (secondary N) is 1. The van der Waals surface area contributed by atoms with Crippen molar-refractivity contribution < 1.29 is 12.8 Å². The smallest absolute Gasteiger partial charge is 0.274 e. The van der Waals surface area contributed by atoms with Crippen LogP contribution in [0.2, 0.25) is 0 Å². The first-order valence-corrected chi connectivity index (χ1v) is 9.43. The van der Waals surface area contributed by atoms with Crippen molar-refractivity contribution in [2.24, 2.45) is 0 Å². The maximum atomic E-state index is 13.5. The van der Waals surface area contributed by atoms with Crippen LogP contribution in [-0.2, 0) is 16.4 Å². The van der Waals surface area contributed by atoms with Gasteiger partial charge in [0.05, 0.1) is 39.8 Å². The molecule has 0 saturated heterocycles. The highest BCUT2D eigenvalue weighted by Crippen LogP contribution is 2.23. The molecule has 7 nitrogen and oxygen atoms in total. The number of sulfone groups is 1. The van der Waals surface area contributed by atoms with E-state index in [-0.39, 0.29) is 27.4 Å². The van der Waals surface area contributed by atoms with E-state index in [1.54, 1.807) is 18.2 Å². The highest BCUT2D eigenvalue weighted by Gasteiger charge is 2.18. The molecule has 0 radical (unpaired) electrons. The third-order valence-corrected chi connectivity index (χ3v) is 5.93. The minimum absolute atomic E-state index is 0.0692. The number of rotatable bonds is 4. The zero-order chi connectivity index (χ0) is 19.0. The first kappa shape index (κ1) is 17.1. The second-order valence-corrected chi connectivity index (χ2v) is 7.82. The number of hydrogen-bond acceptors (Lipinski definition) is 5. The minimum atomic E-state index is -3.70. The van der Waals surface area contributed by atoms with Crippen molar-refractivity contribution in [1.29, 1.82) is 0 Å². The average molecular weight is 384 g/mol. The highest BCUT2D eigenvalue weighted by atomic mass is 32.2. The molecular weight excluding hydrogens is 371 g/mol. The molecule has 0 spiro atoms. The molecule has 0 unspecified atom stereocenters. The number of aromatic amines is 1. The summed E-state index contributed by atoms with van der Waals surface area (Å²) in [6.07, 6.45) is 2.40. The summed E-state index contributed by atoms with van der Waals surface area (Å²) >= 11 is 0. The minimum Gasteiger partial charge on any atom is -0.278 e. The summed E-state index contributed by atoms with van der Waals surface area (Å²) in [5.74, 6) is -0.562. The van der Waals surface area contributed by atoms with E-state index in [2.05, 4.69) is 15.3 Å². The number of nitrogens with zero attached hydrogens (tertiary/aromatic N) is 3. The predicted molar refractivity (Wildman–Crippen MR) is 95.5 cm³/mol. The summed E-state index contributed by atoms with van der Waals surface area (Å²) in [4.78, 5) is 12.8. The van der Waals surface area contributed by atoms with E-state index in [9.17, 15) is 17.6 Å². The molecule has 0 fully saturated rings. The van der Waals surface area contributed by atoms with Gasteiger partial charge in [-0.1, -0.05) is 18.2 Å². The van der Waals surface area contributed by atoms with E-state index in [1.165, 1.54) is 36.5 Å². The molecule has 136 valence electrons. The molecule has 0 aliphatic heterocycles. The summed E-state index contributed by atoms with van der Waals surface area (Å²) in [5, 5.41) is 10.7. The lowest BCUT2D eigenvalue weighted by Crippen LogP contribution is -2.24. The van der Waals surface area contributed by atoms with Gasteiger partial charge in [-0.05, 0) is 30.3 Å². The van der Waals surface area contributed by atoms with E-state index in [0.717, 1.165) is 10.9 Å². The molecule has 1 N–H and O–H groups in total. The molecule has 2 aromatic carbocycles. The number of H-pyrrole nitrogens is 1. The topological polar surface area (TPSA) is 97.7 Å². The van der Waals surface area contributed by atoms with Crippen LogP contribution in [0, 0.1) is 5.82 Å². The molecule has 4 aromatic rings. The van der Waals surface area contributed by atoms with Crippen molar-refractivity contribution in [2.45, 2.75) is 16.3 Å². The highest BCUT2D eigenvalue weighted by molar-refractivity contribution is 7.91. The molecule has 0 atom stereocenters. The van der Waals surface area contributed by atoms with Crippen LogP contribution in [0.25, 0.3) is 10.8 Å². The Morgan fingerprint density at radius 2 is 1.81 bits per heavy atom. The van der Waals surface area contributed by atoms with E-state index in [1.807, 2.05) is 0 Å². The van der Waals surface area contributed by atoms with Crippen molar-refractivity contribution >= 4 is 20.6 Å². The van der Waals surface area contributed by atoms with Crippen LogP contribution in [0.15, 0.2) is 75.5 Å². The number of halogens is 1. The second kappa shape index (κ2) is 6.44. The standard InChI is InChI=1S/C18H13FN4O3S/c19-16-10-20-22-17(16)11-23-18(24)15-7-6-14(8-12(15)9-21-23)27(25,26)13-4-2-1-3-5-13/h1-10H,11H2,(H,20,22). The molecule has 0 aliphatic carbocycles. The quantitative estimate of drug-likeness (QED) is 0.581. The lowest BCUT2D eigenvalue weighted by atomic mass is 10.2. The van der Waals surface area contributed by atoms with Gasteiger partial charge in [0.25, 0.3) is 5.56 Å². The van der Waals surface area contributed by atoms with Crippen LogP contribution in [0.1, 0.15) is 5.69 Å². The molecule has 0 bridgehead atoms. The average Bonchev–Trinajstić information content (AvgIpc) is 3.09. The van der Waals surface area contributed by atoms with Gasteiger partial charge in [0.1, 0.15) is 0 Å². The van der Waals surface area contributed by atoms with Gasteiger partial charge in [-0.2, -0.15) is 10.2 Å². The van der Waals surface area contributed by atoms with Crippen molar-refractivity contribution in [2.75, 3.05) is 0 Å². The Kier molecular flexibility index (Phi) is 4.08. The first-order chi connectivity index (χ1) is 13.0. The largest absolute Gasteiger partial charge is 0.278 e. The van der Waals surface area contributed by atoms with Crippen LogP contribution in [0.5, 0.6) is 0 Å². The summed E-state index contributed by atoms with van der Waals surface area (Å²) < 4.78 is 40.1. The molecule has 2 aromatic heterocycles. The van der Waals surface area contributed by atoms with E-state index < -0.39 is 21.2 Å². The summed E-state index contributed by atoms with van der Waals surface area (Å²) in [7, 11) is -3.70. The molecule has 27 heavy (non-hydrogen) atoms. The van der Waals surface area contributed by atoms with Gasteiger partial charge in [-0.3, -0.25) is 9.89 Å². The van der Waals surface area contributed by atoms with E-state index >= 15 is 0 Å². The monoisotopic (exact) mass is 384 g/mol. The fraction of sp³-hybridized carbons (Fsp3) is 0.0556. The van der Waals surface area contributed by atoms with Gasteiger partial charge in [-0.25, -0.2) is 17.5 Å². The molecule has 0 aliphatic rings. The zero-order valence-electron chi connectivity index (χ0n) is 13.8. The summed E-state index contributed by atoms with van der Waals surface area (Å²) in [6.45, 7) is -0.106. The summed E-state index contributed by atoms with van der Waals surface area (Å²) in [6, 6.07) is 12.3. The lowest BCUT2D eigenvalue weighted by Gasteiger charge is -2.08. The normalized spacial score (nSPS) is 11.7. The SMILES string of the molecule is O=c1c2ccc(S(=O)(=O)c3ccccc3)cc2cnn1Cc1[nH]ncc1F. The molecule has 0 amide bonds. The van der Waals surface area contributed by atoms with Crippen LogP contribution in [0.3, 0.4) is 0 Å². The Balaban J connectivity index is 1.78. The van der Waals surface area contributed by atoms with Crippen molar-refractivity contribution in [3.63, 3.8) is 0 Å². The Hall–Kier alpha value is -3.33. The van der Waals surface area contributed by atoms with Crippen molar-refractivity contribution in [3.8, 4) is 0 Å². The Bertz CT molecular complexity index is 1300. The van der Waals surface area contributed by atoms with Gasteiger partial charge >= 0.3 is 0 Å². The maximum absolute atomic E-state index is 13.5. The third kappa shape index (κ3) is 3.02. The Labute approximate surface area is 153 Å². The molecule has 2 heterocycles. The predicted octanol–water partition coefficient (Wildman–Crippen LogP) is 2.14. The number of benzene rings is 2. The fourth-order valence-electron chi connectivity index (χ4n) is 2.74. The first-order valence-electron chi connectivity index (χ1n) is 7.94. The third-order valence-electron chi connectivity index (χ3n) is 4.16. The zero-order valence-corrected chi connectivity index (χ0v) is 14.6. The van der Waals surface area contributed by atoms with Crippen LogP contribution >= 0.6 is 0 Å². The maximum Gasteiger partial charge on any atom is 0.274 e. The van der Waals surface area contributed by atoms with Crippen molar-refractivity contribution in [3.05, 3.63) is 82.8 Å². The van der Waals surface area contributed by atoms with Crippen LogP contribution < -0.4 is 5.56 Å².